The number of fused-ring (bicyclic) bond motifs is 1. The predicted molar refractivity (Wildman–Crippen MR) is 51.6 cm³/mol. The van der Waals surface area contributed by atoms with E-state index in [9.17, 15) is 4.39 Å². The molecule has 0 atom stereocenters. The highest BCUT2D eigenvalue weighted by atomic mass is 35.5. The van der Waals surface area contributed by atoms with Gasteiger partial charge in [-0.15, -0.1) is 0 Å². The maximum absolute atomic E-state index is 13.4. The molecular weight excluding hydrogens is 189 g/mol. The van der Waals surface area contributed by atoms with Gasteiger partial charge in [0.05, 0.1) is 0 Å². The zero-order chi connectivity index (χ0) is 9.42. The quantitative estimate of drug-likeness (QED) is 0.677. The molecule has 1 aromatic carbocycles. The maximum atomic E-state index is 13.4. The lowest BCUT2D eigenvalue weighted by atomic mass is 9.98. The van der Waals surface area contributed by atoms with Crippen molar-refractivity contribution < 1.29 is 4.39 Å². The third kappa shape index (κ3) is 1.45. The van der Waals surface area contributed by atoms with Crippen molar-refractivity contribution in [2.45, 2.75) is 19.9 Å². The van der Waals surface area contributed by atoms with Crippen LogP contribution in [0.3, 0.4) is 0 Å². The molecule has 0 spiro atoms. The topological polar surface area (TPSA) is 12.0 Å². The second-order valence-electron chi connectivity index (χ2n) is 3.37. The molecule has 0 radical (unpaired) electrons. The highest BCUT2D eigenvalue weighted by Crippen LogP contribution is 2.28. The van der Waals surface area contributed by atoms with Crippen LogP contribution in [0.5, 0.6) is 0 Å². The number of hydrogen-bond acceptors (Lipinski definition) is 1. The van der Waals surface area contributed by atoms with E-state index < -0.39 is 0 Å². The Morgan fingerprint density at radius 3 is 3.00 bits per heavy atom. The summed E-state index contributed by atoms with van der Waals surface area (Å²) < 4.78 is 13.4. The number of nitrogens with one attached hydrogen (secondary N) is 1. The van der Waals surface area contributed by atoms with Gasteiger partial charge in [0.25, 0.3) is 0 Å². The van der Waals surface area contributed by atoms with E-state index in [2.05, 4.69) is 5.32 Å². The molecule has 0 saturated heterocycles. The minimum atomic E-state index is -0.135. The molecule has 0 fully saturated rings. The SMILES string of the molecule is Cc1cc(F)c2c(c1Cl)CCNC2. The highest BCUT2D eigenvalue weighted by Gasteiger charge is 2.17. The lowest BCUT2D eigenvalue weighted by Gasteiger charge is -2.20. The molecule has 0 unspecified atom stereocenters. The molecule has 3 heteroatoms. The third-order valence-electron chi connectivity index (χ3n) is 2.46. The first-order valence-corrected chi connectivity index (χ1v) is 4.75. The second kappa shape index (κ2) is 3.28. The summed E-state index contributed by atoms with van der Waals surface area (Å²) in [5.41, 5.74) is 2.56. The van der Waals surface area contributed by atoms with Crippen molar-refractivity contribution in [1.29, 1.82) is 0 Å². The minimum Gasteiger partial charge on any atom is -0.312 e. The van der Waals surface area contributed by atoms with Crippen molar-refractivity contribution in [3.8, 4) is 0 Å². The first-order chi connectivity index (χ1) is 6.20. The number of halogens is 2. The Kier molecular flexibility index (Phi) is 2.26. The Morgan fingerprint density at radius 1 is 1.46 bits per heavy atom. The van der Waals surface area contributed by atoms with Crippen LogP contribution in [0.25, 0.3) is 0 Å². The Hall–Kier alpha value is -0.600. The van der Waals surface area contributed by atoms with E-state index in [1.165, 1.54) is 6.07 Å². The lowest BCUT2D eigenvalue weighted by molar-refractivity contribution is 0.562. The van der Waals surface area contributed by atoms with E-state index in [1.807, 2.05) is 6.92 Å². The van der Waals surface area contributed by atoms with Crippen molar-refractivity contribution in [2.75, 3.05) is 6.54 Å². The van der Waals surface area contributed by atoms with Crippen LogP contribution in [-0.4, -0.2) is 6.54 Å². The summed E-state index contributed by atoms with van der Waals surface area (Å²) in [4.78, 5) is 0. The summed E-state index contributed by atoms with van der Waals surface area (Å²) in [6.07, 6.45) is 0.826. The van der Waals surface area contributed by atoms with Crippen molar-refractivity contribution in [2.24, 2.45) is 0 Å². The monoisotopic (exact) mass is 199 g/mol. The number of rotatable bonds is 0. The van der Waals surface area contributed by atoms with Gasteiger partial charge in [0.1, 0.15) is 5.82 Å². The van der Waals surface area contributed by atoms with Crippen LogP contribution in [0.1, 0.15) is 16.7 Å². The fourth-order valence-corrected chi connectivity index (χ4v) is 2.00. The summed E-state index contributed by atoms with van der Waals surface area (Å²) in [7, 11) is 0. The van der Waals surface area contributed by atoms with Gasteiger partial charge >= 0.3 is 0 Å². The van der Waals surface area contributed by atoms with Crippen molar-refractivity contribution in [3.63, 3.8) is 0 Å². The number of aryl methyl sites for hydroxylation is 1. The second-order valence-corrected chi connectivity index (χ2v) is 3.75. The van der Waals surface area contributed by atoms with Gasteiger partial charge in [-0.05, 0) is 37.1 Å². The van der Waals surface area contributed by atoms with E-state index in [4.69, 9.17) is 11.6 Å². The molecule has 13 heavy (non-hydrogen) atoms. The molecule has 1 aromatic rings. The Bertz CT molecular complexity index is 349. The molecule has 0 amide bonds. The van der Waals surface area contributed by atoms with E-state index in [1.54, 1.807) is 0 Å². The average molecular weight is 200 g/mol. The van der Waals surface area contributed by atoms with E-state index in [0.29, 0.717) is 6.54 Å². The van der Waals surface area contributed by atoms with Gasteiger partial charge in [0.2, 0.25) is 0 Å². The van der Waals surface area contributed by atoms with E-state index >= 15 is 0 Å². The standard InChI is InChI=1S/C10H11ClFN/c1-6-4-9(12)8-5-13-3-2-7(8)10(6)11/h4,13H,2-3,5H2,1H3. The van der Waals surface area contributed by atoms with Crippen LogP contribution in [0.2, 0.25) is 5.02 Å². The molecule has 1 heterocycles. The van der Waals surface area contributed by atoms with Crippen LogP contribution >= 0.6 is 11.6 Å². The van der Waals surface area contributed by atoms with Gasteiger partial charge in [-0.2, -0.15) is 0 Å². The van der Waals surface area contributed by atoms with Crippen LogP contribution in [0, 0.1) is 12.7 Å². The number of hydrogen-bond donors (Lipinski definition) is 1. The Labute approximate surface area is 81.9 Å². The van der Waals surface area contributed by atoms with Crippen LogP contribution in [0.15, 0.2) is 6.07 Å². The molecule has 2 rings (SSSR count). The van der Waals surface area contributed by atoms with Gasteiger partial charge in [0, 0.05) is 17.1 Å². The molecule has 1 N–H and O–H groups in total. The van der Waals surface area contributed by atoms with E-state index in [-0.39, 0.29) is 5.82 Å². The largest absolute Gasteiger partial charge is 0.312 e. The van der Waals surface area contributed by atoms with Gasteiger partial charge in [0.15, 0.2) is 0 Å². The number of benzene rings is 1. The minimum absolute atomic E-state index is 0.135. The maximum Gasteiger partial charge on any atom is 0.128 e. The molecule has 0 saturated carbocycles. The molecule has 0 bridgehead atoms. The molecular formula is C10H11ClFN. The normalized spacial score (nSPS) is 15.6. The van der Waals surface area contributed by atoms with Crippen molar-refractivity contribution in [3.05, 3.63) is 33.6 Å². The van der Waals surface area contributed by atoms with Crippen LogP contribution in [0.4, 0.5) is 4.39 Å². The molecule has 70 valence electrons. The average Bonchev–Trinajstić information content (AvgIpc) is 2.15. The predicted octanol–water partition coefficient (Wildman–Crippen LogP) is 2.43. The van der Waals surface area contributed by atoms with Gasteiger partial charge in [-0.1, -0.05) is 11.6 Å². The van der Waals surface area contributed by atoms with Gasteiger partial charge in [-0.3, -0.25) is 0 Å². The lowest BCUT2D eigenvalue weighted by Crippen LogP contribution is -2.25. The summed E-state index contributed by atoms with van der Waals surface area (Å²) in [6, 6.07) is 1.51. The Morgan fingerprint density at radius 2 is 2.23 bits per heavy atom. The molecule has 1 aliphatic heterocycles. The zero-order valence-corrected chi connectivity index (χ0v) is 8.21. The highest BCUT2D eigenvalue weighted by molar-refractivity contribution is 6.32. The fraction of sp³-hybridized carbons (Fsp3) is 0.400. The zero-order valence-electron chi connectivity index (χ0n) is 7.45. The fourth-order valence-electron chi connectivity index (χ4n) is 1.73. The molecule has 1 nitrogen and oxygen atoms in total. The molecule has 0 aliphatic carbocycles. The molecule has 1 aliphatic rings. The first kappa shape index (κ1) is 8.97. The van der Waals surface area contributed by atoms with Crippen molar-refractivity contribution in [1.82, 2.24) is 5.32 Å². The summed E-state index contributed by atoms with van der Waals surface area (Å²) in [5, 5.41) is 3.86. The van der Waals surface area contributed by atoms with Crippen LogP contribution in [-0.2, 0) is 13.0 Å². The van der Waals surface area contributed by atoms with Crippen molar-refractivity contribution >= 4 is 11.6 Å². The van der Waals surface area contributed by atoms with Crippen LogP contribution < -0.4 is 5.32 Å². The first-order valence-electron chi connectivity index (χ1n) is 4.37. The summed E-state index contributed by atoms with van der Waals surface area (Å²) in [6.45, 7) is 3.32. The third-order valence-corrected chi connectivity index (χ3v) is 2.99. The Balaban J connectivity index is 2.63. The molecule has 0 aromatic heterocycles. The smallest absolute Gasteiger partial charge is 0.128 e. The summed E-state index contributed by atoms with van der Waals surface area (Å²) >= 11 is 6.09. The van der Waals surface area contributed by atoms with E-state index in [0.717, 1.165) is 34.7 Å². The van der Waals surface area contributed by atoms with Gasteiger partial charge in [-0.25, -0.2) is 4.39 Å². The van der Waals surface area contributed by atoms with Gasteiger partial charge < -0.3 is 5.32 Å². The summed E-state index contributed by atoms with van der Waals surface area (Å²) in [5.74, 6) is -0.135.